The van der Waals surface area contributed by atoms with E-state index in [0.717, 1.165) is 47.0 Å². The van der Waals surface area contributed by atoms with Gasteiger partial charge in [0.25, 0.3) is 17.4 Å². The fourth-order valence-electron chi connectivity index (χ4n) is 5.65. The summed E-state index contributed by atoms with van der Waals surface area (Å²) in [6, 6.07) is 30.2. The van der Waals surface area contributed by atoms with E-state index in [9.17, 15) is 0 Å². The Hall–Kier alpha value is -4.09. The third kappa shape index (κ3) is 6.30. The minimum atomic E-state index is -1.92. The van der Waals surface area contributed by atoms with Crippen LogP contribution in [0.3, 0.4) is 0 Å². The Bertz CT molecular complexity index is 1500. The Kier molecular flexibility index (Phi) is 9.51. The maximum Gasteiger partial charge on any atom is 0.262 e. The topological polar surface area (TPSA) is 97.5 Å². The van der Waals surface area contributed by atoms with Crippen LogP contribution in [0.5, 0.6) is 11.5 Å². The number of hydrogen-bond acceptors (Lipinski definition) is 9. The predicted molar refractivity (Wildman–Crippen MR) is 171 cm³/mol. The summed E-state index contributed by atoms with van der Waals surface area (Å²) < 4.78 is 46.3. The molecule has 2 saturated heterocycles. The second-order valence-corrected chi connectivity index (χ2v) is 11.1. The molecule has 0 aliphatic carbocycles. The molecule has 4 aromatic rings. The highest BCUT2D eigenvalue weighted by Gasteiger charge is 2.56. The van der Waals surface area contributed by atoms with Gasteiger partial charge in [-0.1, -0.05) is 72.8 Å². The highest BCUT2D eigenvalue weighted by atomic mass is 16.7. The van der Waals surface area contributed by atoms with Gasteiger partial charge >= 0.3 is 0 Å². The molecule has 4 aromatic carbocycles. The van der Waals surface area contributed by atoms with Crippen molar-refractivity contribution in [2.75, 3.05) is 54.9 Å². The van der Waals surface area contributed by atoms with Gasteiger partial charge in [-0.15, -0.1) is 0 Å². The molecule has 0 amide bonds. The van der Waals surface area contributed by atoms with Gasteiger partial charge in [0.15, 0.2) is 0 Å². The van der Waals surface area contributed by atoms with Gasteiger partial charge < -0.3 is 37.9 Å². The molecule has 9 nitrogen and oxygen atoms in total. The highest BCUT2D eigenvalue weighted by molar-refractivity contribution is 5.97. The summed E-state index contributed by atoms with van der Waals surface area (Å²) in [6.45, 7) is 2.46. The van der Waals surface area contributed by atoms with Gasteiger partial charge in [-0.25, -0.2) is 0 Å². The molecule has 240 valence electrons. The average Bonchev–Trinajstić information content (AvgIpc) is 4.06. The van der Waals surface area contributed by atoms with Crippen molar-refractivity contribution in [1.29, 1.82) is 0 Å². The largest absolute Gasteiger partial charge is 0.491 e. The molecule has 6 rings (SSSR count). The zero-order valence-electron chi connectivity index (χ0n) is 26.4. The Morgan fingerprint density at radius 1 is 0.587 bits per heavy atom. The van der Waals surface area contributed by atoms with Crippen molar-refractivity contribution in [2.45, 2.75) is 23.8 Å². The SMILES string of the molecule is COC(OC)(C(=O)C(OC)(OC)c1ccccc1-c1ccc(OCC2CO2)cc1)c1ccccc1-c1ccc(OCC2CO2)cc1. The lowest BCUT2D eigenvalue weighted by Gasteiger charge is -2.40. The molecular weight excluding hydrogens is 588 g/mol. The first-order chi connectivity index (χ1) is 22.5. The van der Waals surface area contributed by atoms with Gasteiger partial charge in [-0.2, -0.15) is 0 Å². The normalized spacial score (nSPS) is 17.4. The maximum atomic E-state index is 15.0. The Labute approximate surface area is 268 Å². The van der Waals surface area contributed by atoms with E-state index in [4.69, 9.17) is 37.9 Å². The molecule has 0 spiro atoms. The van der Waals surface area contributed by atoms with E-state index < -0.39 is 17.4 Å². The lowest BCUT2D eigenvalue weighted by Crippen LogP contribution is -2.54. The van der Waals surface area contributed by atoms with E-state index in [0.29, 0.717) is 24.3 Å². The number of methoxy groups -OCH3 is 4. The third-order valence-corrected chi connectivity index (χ3v) is 8.32. The van der Waals surface area contributed by atoms with Crippen LogP contribution in [-0.4, -0.2) is 72.9 Å². The highest BCUT2D eigenvalue weighted by Crippen LogP contribution is 2.45. The molecule has 9 heteroatoms. The van der Waals surface area contributed by atoms with Crippen molar-refractivity contribution >= 4 is 5.78 Å². The number of epoxide rings is 2. The second kappa shape index (κ2) is 13.7. The lowest BCUT2D eigenvalue weighted by atomic mass is 9.84. The molecular formula is C37H38O9. The van der Waals surface area contributed by atoms with Crippen LogP contribution in [0.25, 0.3) is 22.3 Å². The number of ketones is 1. The van der Waals surface area contributed by atoms with E-state index in [-0.39, 0.29) is 12.2 Å². The Morgan fingerprint density at radius 2 is 0.935 bits per heavy atom. The summed E-state index contributed by atoms with van der Waals surface area (Å²) in [5, 5.41) is 0. The number of carbonyl (C=O) groups is 1. The molecule has 2 aliphatic heterocycles. The predicted octanol–water partition coefficient (Wildman–Crippen LogP) is 5.74. The molecule has 46 heavy (non-hydrogen) atoms. The minimum Gasteiger partial charge on any atom is -0.491 e. The van der Waals surface area contributed by atoms with E-state index in [1.807, 2.05) is 97.1 Å². The van der Waals surface area contributed by atoms with Crippen molar-refractivity contribution in [3.63, 3.8) is 0 Å². The Balaban J connectivity index is 1.37. The van der Waals surface area contributed by atoms with Crippen LogP contribution in [0.15, 0.2) is 97.1 Å². The van der Waals surface area contributed by atoms with E-state index in [1.165, 1.54) is 28.4 Å². The first kappa shape index (κ1) is 31.9. The second-order valence-electron chi connectivity index (χ2n) is 11.1. The molecule has 0 N–H and O–H groups in total. The van der Waals surface area contributed by atoms with Crippen LogP contribution in [0, 0.1) is 0 Å². The van der Waals surface area contributed by atoms with Crippen molar-refractivity contribution in [2.24, 2.45) is 0 Å². The number of benzene rings is 4. The number of ether oxygens (including phenoxy) is 8. The van der Waals surface area contributed by atoms with E-state index >= 15 is 4.79 Å². The van der Waals surface area contributed by atoms with Crippen molar-refractivity contribution in [1.82, 2.24) is 0 Å². The summed E-state index contributed by atoms with van der Waals surface area (Å²) in [7, 11) is 5.73. The van der Waals surface area contributed by atoms with Gasteiger partial charge in [0.1, 0.15) is 36.9 Å². The molecule has 2 atom stereocenters. The molecule has 0 saturated carbocycles. The first-order valence-electron chi connectivity index (χ1n) is 15.1. The molecule has 2 fully saturated rings. The summed E-state index contributed by atoms with van der Waals surface area (Å²) in [4.78, 5) is 15.0. The van der Waals surface area contributed by atoms with Crippen LogP contribution in [-0.2, 0) is 44.8 Å². The molecule has 2 heterocycles. The standard InChI is InChI=1S/C37H38O9/c1-39-36(40-2,33-11-7-5-9-31(33)25-13-17-27(18-14-25)43-21-29-23-45-29)35(38)37(41-3,42-4)34-12-8-6-10-32(34)26-15-19-28(20-16-26)44-22-30-24-46-30/h5-20,29-30H,21-24H2,1-4H3. The first-order valence-corrected chi connectivity index (χ1v) is 15.1. The molecule has 0 radical (unpaired) electrons. The smallest absolute Gasteiger partial charge is 0.262 e. The van der Waals surface area contributed by atoms with Gasteiger partial charge in [0, 0.05) is 39.6 Å². The minimum absolute atomic E-state index is 0.156. The fraction of sp³-hybridized carbons (Fsp3) is 0.324. The van der Waals surface area contributed by atoms with E-state index in [2.05, 4.69) is 0 Å². The molecule has 2 aliphatic rings. The van der Waals surface area contributed by atoms with Crippen molar-refractivity contribution < 1.29 is 42.7 Å². The van der Waals surface area contributed by atoms with Crippen LogP contribution < -0.4 is 9.47 Å². The molecule has 0 aromatic heterocycles. The number of rotatable bonds is 16. The van der Waals surface area contributed by atoms with Gasteiger partial charge in [-0.05, 0) is 46.5 Å². The third-order valence-electron chi connectivity index (χ3n) is 8.32. The van der Waals surface area contributed by atoms with E-state index in [1.54, 1.807) is 0 Å². The van der Waals surface area contributed by atoms with Crippen LogP contribution in [0.1, 0.15) is 11.1 Å². The van der Waals surface area contributed by atoms with Gasteiger partial charge in [0.2, 0.25) is 0 Å². The quantitative estimate of drug-likeness (QED) is 0.114. The van der Waals surface area contributed by atoms with Crippen LogP contribution in [0.2, 0.25) is 0 Å². The zero-order valence-corrected chi connectivity index (χ0v) is 26.4. The Morgan fingerprint density at radius 3 is 1.26 bits per heavy atom. The number of hydrogen-bond donors (Lipinski definition) is 0. The summed E-state index contributed by atoms with van der Waals surface area (Å²) >= 11 is 0. The zero-order chi connectivity index (χ0) is 32.1. The van der Waals surface area contributed by atoms with Gasteiger partial charge in [-0.3, -0.25) is 4.79 Å². The van der Waals surface area contributed by atoms with Gasteiger partial charge in [0.05, 0.1) is 13.2 Å². The number of Topliss-reactive ketones (excluding diaryl/α,β-unsaturated/α-hetero) is 1. The van der Waals surface area contributed by atoms with Crippen molar-refractivity contribution in [3.8, 4) is 33.8 Å². The summed E-state index contributed by atoms with van der Waals surface area (Å²) in [6.07, 6.45) is 0.312. The van der Waals surface area contributed by atoms with Crippen LogP contribution in [0.4, 0.5) is 0 Å². The molecule has 2 unspecified atom stereocenters. The summed E-state index contributed by atoms with van der Waals surface area (Å²) in [5.74, 6) is -2.98. The maximum absolute atomic E-state index is 15.0. The molecule has 0 bridgehead atoms. The fourth-order valence-corrected chi connectivity index (χ4v) is 5.65. The average molecular weight is 627 g/mol. The monoisotopic (exact) mass is 626 g/mol. The summed E-state index contributed by atoms with van der Waals surface area (Å²) in [5.41, 5.74) is 4.13. The lowest BCUT2D eigenvalue weighted by molar-refractivity contribution is -0.266. The van der Waals surface area contributed by atoms with Crippen molar-refractivity contribution in [3.05, 3.63) is 108 Å². The van der Waals surface area contributed by atoms with Crippen LogP contribution >= 0.6 is 0 Å². The number of carbonyl (C=O) groups excluding carboxylic acids is 1.